The first-order chi connectivity index (χ1) is 9.38. The number of Topliss-reactive ketones (excluding diaryl/α,β-unsaturated/α-hetero) is 1. The Morgan fingerprint density at radius 3 is 2.25 bits per heavy atom. The minimum Gasteiger partial charge on any atom is -0.294 e. The predicted octanol–water partition coefficient (Wildman–Crippen LogP) is 4.94. The summed E-state index contributed by atoms with van der Waals surface area (Å²) in [4.78, 5) is 12.3. The Hall–Kier alpha value is -1.48. The molecule has 2 rings (SSSR count). The van der Waals surface area contributed by atoms with Crippen LogP contribution < -0.4 is 0 Å². The summed E-state index contributed by atoms with van der Waals surface area (Å²) < 4.78 is 13.5. The highest BCUT2D eigenvalue weighted by Crippen LogP contribution is 2.21. The molecule has 0 aromatic heterocycles. The van der Waals surface area contributed by atoms with Crippen molar-refractivity contribution in [1.29, 1.82) is 0 Å². The van der Waals surface area contributed by atoms with Crippen LogP contribution in [0.1, 0.15) is 32.6 Å². The van der Waals surface area contributed by atoms with Crippen LogP contribution in [0.5, 0.6) is 0 Å². The summed E-state index contributed by atoms with van der Waals surface area (Å²) in [6.45, 7) is 6.08. The van der Waals surface area contributed by atoms with Crippen molar-refractivity contribution in [3.8, 4) is 0 Å². The molecular formula is C17H16BrFO. The van der Waals surface area contributed by atoms with E-state index in [4.69, 9.17) is 0 Å². The minimum atomic E-state index is -0.357. The average molecular weight is 335 g/mol. The van der Waals surface area contributed by atoms with E-state index in [9.17, 15) is 9.18 Å². The van der Waals surface area contributed by atoms with E-state index in [-0.39, 0.29) is 11.6 Å². The van der Waals surface area contributed by atoms with Gasteiger partial charge in [0.25, 0.3) is 0 Å². The molecule has 0 saturated heterocycles. The van der Waals surface area contributed by atoms with Gasteiger partial charge in [-0.25, -0.2) is 4.39 Å². The van der Waals surface area contributed by atoms with E-state index in [1.807, 2.05) is 20.8 Å². The highest BCUT2D eigenvalue weighted by atomic mass is 79.9. The highest BCUT2D eigenvalue weighted by molar-refractivity contribution is 9.10. The van der Waals surface area contributed by atoms with Gasteiger partial charge < -0.3 is 0 Å². The molecule has 3 heteroatoms. The predicted molar refractivity (Wildman–Crippen MR) is 82.8 cm³/mol. The molecule has 0 heterocycles. The third-order valence-corrected chi connectivity index (χ3v) is 4.03. The Kier molecular flexibility index (Phi) is 4.39. The lowest BCUT2D eigenvalue weighted by atomic mass is 9.94. The number of ketones is 1. The average Bonchev–Trinajstić information content (AvgIpc) is 2.36. The number of benzene rings is 2. The molecule has 0 N–H and O–H groups in total. The molecular weight excluding hydrogens is 319 g/mol. The fourth-order valence-corrected chi connectivity index (χ4v) is 2.80. The largest absolute Gasteiger partial charge is 0.294 e. The number of carbonyl (C=O) groups is 1. The second-order valence-corrected chi connectivity index (χ2v) is 5.96. The van der Waals surface area contributed by atoms with Gasteiger partial charge in [0.05, 0.1) is 4.47 Å². The number of carbonyl (C=O) groups excluding carboxylic acids is 1. The maximum absolute atomic E-state index is 13.2. The van der Waals surface area contributed by atoms with Crippen molar-refractivity contribution in [2.24, 2.45) is 0 Å². The zero-order valence-corrected chi connectivity index (χ0v) is 13.3. The third kappa shape index (κ3) is 3.15. The first-order valence-electron chi connectivity index (χ1n) is 6.43. The highest BCUT2D eigenvalue weighted by Gasteiger charge is 2.13. The van der Waals surface area contributed by atoms with Crippen molar-refractivity contribution >= 4 is 21.7 Å². The Morgan fingerprint density at radius 1 is 1.10 bits per heavy atom. The molecule has 0 atom stereocenters. The number of halogens is 2. The first-order valence-corrected chi connectivity index (χ1v) is 7.22. The zero-order valence-electron chi connectivity index (χ0n) is 11.8. The summed E-state index contributed by atoms with van der Waals surface area (Å²) in [7, 11) is 0. The van der Waals surface area contributed by atoms with Crippen LogP contribution in [0, 0.1) is 26.6 Å². The standard InChI is InChI=1S/C17H16BrFO/c1-10-6-11(2)14(12(3)7-10)9-17(20)13-4-5-16(19)15(18)8-13/h4-8H,9H2,1-3H3. The number of hydrogen-bond donors (Lipinski definition) is 0. The van der Waals surface area contributed by atoms with Crippen LogP contribution in [-0.2, 0) is 6.42 Å². The van der Waals surface area contributed by atoms with Crippen molar-refractivity contribution in [3.63, 3.8) is 0 Å². The lowest BCUT2D eigenvalue weighted by Crippen LogP contribution is -2.07. The molecule has 20 heavy (non-hydrogen) atoms. The summed E-state index contributed by atoms with van der Waals surface area (Å²) in [5.74, 6) is -0.356. The summed E-state index contributed by atoms with van der Waals surface area (Å²) in [5.41, 5.74) is 5.02. The molecule has 1 nitrogen and oxygen atoms in total. The van der Waals surface area contributed by atoms with E-state index in [2.05, 4.69) is 28.1 Å². The molecule has 0 aliphatic carbocycles. The molecule has 2 aromatic carbocycles. The monoisotopic (exact) mass is 334 g/mol. The van der Waals surface area contributed by atoms with Gasteiger partial charge >= 0.3 is 0 Å². The van der Waals surface area contributed by atoms with Crippen molar-refractivity contribution < 1.29 is 9.18 Å². The van der Waals surface area contributed by atoms with Crippen molar-refractivity contribution in [3.05, 3.63) is 68.4 Å². The molecule has 0 aliphatic rings. The topological polar surface area (TPSA) is 17.1 Å². The molecule has 0 amide bonds. The number of rotatable bonds is 3. The smallest absolute Gasteiger partial charge is 0.167 e. The fraction of sp³-hybridized carbons (Fsp3) is 0.235. The van der Waals surface area contributed by atoms with Crippen LogP contribution in [0.25, 0.3) is 0 Å². The molecule has 0 radical (unpaired) electrons. The normalized spacial score (nSPS) is 10.7. The molecule has 0 unspecified atom stereocenters. The van der Waals surface area contributed by atoms with Gasteiger partial charge in [-0.1, -0.05) is 17.7 Å². The number of aryl methyl sites for hydroxylation is 3. The Morgan fingerprint density at radius 2 is 1.70 bits per heavy atom. The second kappa shape index (κ2) is 5.88. The van der Waals surface area contributed by atoms with E-state index in [1.54, 1.807) is 0 Å². The lowest BCUT2D eigenvalue weighted by Gasteiger charge is -2.11. The van der Waals surface area contributed by atoms with Crippen LogP contribution in [0.4, 0.5) is 4.39 Å². The number of hydrogen-bond acceptors (Lipinski definition) is 1. The van der Waals surface area contributed by atoms with Gasteiger partial charge in [0, 0.05) is 12.0 Å². The van der Waals surface area contributed by atoms with Crippen LogP contribution >= 0.6 is 15.9 Å². The quantitative estimate of drug-likeness (QED) is 0.726. The molecule has 0 saturated carbocycles. The van der Waals surface area contributed by atoms with E-state index < -0.39 is 0 Å². The van der Waals surface area contributed by atoms with Crippen LogP contribution in [0.2, 0.25) is 0 Å². The molecule has 0 spiro atoms. The van der Waals surface area contributed by atoms with Gasteiger partial charge in [-0.3, -0.25) is 4.79 Å². The van der Waals surface area contributed by atoms with Gasteiger partial charge in [-0.2, -0.15) is 0 Å². The van der Waals surface area contributed by atoms with Crippen molar-refractivity contribution in [1.82, 2.24) is 0 Å². The van der Waals surface area contributed by atoms with E-state index in [0.717, 1.165) is 16.7 Å². The third-order valence-electron chi connectivity index (χ3n) is 3.42. The maximum atomic E-state index is 13.2. The lowest BCUT2D eigenvalue weighted by molar-refractivity contribution is 0.0992. The van der Waals surface area contributed by atoms with Gasteiger partial charge in [0.2, 0.25) is 0 Å². The van der Waals surface area contributed by atoms with Crippen LogP contribution in [0.3, 0.4) is 0 Å². The van der Waals surface area contributed by atoms with Crippen molar-refractivity contribution in [2.75, 3.05) is 0 Å². The van der Waals surface area contributed by atoms with Gasteiger partial charge in [-0.05, 0) is 71.6 Å². The molecule has 0 fully saturated rings. The van der Waals surface area contributed by atoms with Gasteiger partial charge in [0.1, 0.15) is 5.82 Å². The molecule has 2 aromatic rings. The maximum Gasteiger partial charge on any atom is 0.167 e. The van der Waals surface area contributed by atoms with Gasteiger partial charge in [-0.15, -0.1) is 0 Å². The molecule has 0 bridgehead atoms. The van der Waals surface area contributed by atoms with E-state index >= 15 is 0 Å². The Bertz CT molecular complexity index is 654. The summed E-state index contributed by atoms with van der Waals surface area (Å²) in [6.07, 6.45) is 0.343. The second-order valence-electron chi connectivity index (χ2n) is 5.11. The molecule has 104 valence electrons. The van der Waals surface area contributed by atoms with Gasteiger partial charge in [0.15, 0.2) is 5.78 Å². The summed E-state index contributed by atoms with van der Waals surface area (Å²) in [5, 5.41) is 0. The van der Waals surface area contributed by atoms with Crippen LogP contribution in [-0.4, -0.2) is 5.78 Å². The van der Waals surface area contributed by atoms with E-state index in [0.29, 0.717) is 16.5 Å². The summed E-state index contributed by atoms with van der Waals surface area (Å²) >= 11 is 3.11. The minimum absolute atomic E-state index is 0.000697. The summed E-state index contributed by atoms with van der Waals surface area (Å²) in [6, 6.07) is 8.54. The molecule has 0 aliphatic heterocycles. The SMILES string of the molecule is Cc1cc(C)c(CC(=O)c2ccc(F)c(Br)c2)c(C)c1. The Balaban J connectivity index is 2.30. The van der Waals surface area contributed by atoms with E-state index in [1.165, 1.54) is 23.8 Å². The van der Waals surface area contributed by atoms with Crippen LogP contribution in [0.15, 0.2) is 34.8 Å². The fourth-order valence-electron chi connectivity index (χ4n) is 2.42. The Labute approximate surface area is 127 Å². The zero-order chi connectivity index (χ0) is 14.9. The van der Waals surface area contributed by atoms with Crippen molar-refractivity contribution in [2.45, 2.75) is 27.2 Å². The first kappa shape index (κ1) is 14.9.